The van der Waals surface area contributed by atoms with E-state index in [1.807, 2.05) is 6.92 Å². The van der Waals surface area contributed by atoms with Crippen molar-refractivity contribution in [2.24, 2.45) is 0 Å². The van der Waals surface area contributed by atoms with Crippen LogP contribution in [0.3, 0.4) is 0 Å². The first kappa shape index (κ1) is 15.2. The Morgan fingerprint density at radius 1 is 1.35 bits per heavy atom. The van der Waals surface area contributed by atoms with Crippen LogP contribution in [0.2, 0.25) is 0 Å². The smallest absolute Gasteiger partial charge is 0.245 e. The van der Waals surface area contributed by atoms with Crippen molar-refractivity contribution in [1.82, 2.24) is 15.2 Å². The number of hydrogen-bond donors (Lipinski definition) is 2. The fourth-order valence-corrected chi connectivity index (χ4v) is 3.48. The summed E-state index contributed by atoms with van der Waals surface area (Å²) in [5, 5.41) is 6.56. The molecule has 0 fully saturated rings. The molecule has 2 aromatic rings. The zero-order valence-electron chi connectivity index (χ0n) is 10.7. The predicted octanol–water partition coefficient (Wildman–Crippen LogP) is 1.62. The molecule has 0 aromatic carbocycles. The van der Waals surface area contributed by atoms with Crippen molar-refractivity contribution in [3.05, 3.63) is 34.5 Å². The lowest BCUT2D eigenvalue weighted by Gasteiger charge is -2.02. The third-order valence-corrected chi connectivity index (χ3v) is 4.73. The topological polar surface area (TPSA) is 97.4 Å². The van der Waals surface area contributed by atoms with Crippen LogP contribution >= 0.6 is 15.9 Å². The van der Waals surface area contributed by atoms with Gasteiger partial charge in [-0.3, -0.25) is 0 Å². The zero-order chi connectivity index (χ0) is 14.6. The van der Waals surface area contributed by atoms with Crippen LogP contribution in [0.1, 0.15) is 18.4 Å². The predicted molar refractivity (Wildman–Crippen MR) is 74.3 cm³/mol. The summed E-state index contributed by atoms with van der Waals surface area (Å²) in [7, 11) is -3.68. The highest BCUT2D eigenvalue weighted by Crippen LogP contribution is 2.26. The van der Waals surface area contributed by atoms with Gasteiger partial charge in [0.1, 0.15) is 10.7 Å². The molecule has 110 valence electrons. The fourth-order valence-electron chi connectivity index (χ4n) is 1.49. The minimum Gasteiger partial charge on any atom is -0.452 e. The zero-order valence-corrected chi connectivity index (χ0v) is 13.1. The van der Waals surface area contributed by atoms with Crippen molar-refractivity contribution in [2.45, 2.75) is 24.9 Å². The first-order valence-electron chi connectivity index (χ1n) is 5.91. The Morgan fingerprint density at radius 3 is 2.80 bits per heavy atom. The first-order valence-corrected chi connectivity index (χ1v) is 8.18. The summed E-state index contributed by atoms with van der Waals surface area (Å²) in [6, 6.07) is 3.07. The molecule has 9 heteroatoms. The summed E-state index contributed by atoms with van der Waals surface area (Å²) in [6.07, 6.45) is 1.45. The SMILES string of the molecule is CCNCc1cc(S(=O)(=O)NCc2ccno2)c(Br)o1. The molecule has 7 nitrogen and oxygen atoms in total. The lowest BCUT2D eigenvalue weighted by molar-refractivity contribution is 0.380. The largest absolute Gasteiger partial charge is 0.452 e. The van der Waals surface area contributed by atoms with Gasteiger partial charge in [-0.2, -0.15) is 0 Å². The van der Waals surface area contributed by atoms with E-state index >= 15 is 0 Å². The molecule has 0 bridgehead atoms. The van der Waals surface area contributed by atoms with Crippen molar-refractivity contribution >= 4 is 26.0 Å². The first-order chi connectivity index (χ1) is 9.53. The summed E-state index contributed by atoms with van der Waals surface area (Å²) in [6.45, 7) is 3.22. The lowest BCUT2D eigenvalue weighted by atomic mass is 10.4. The number of rotatable bonds is 7. The molecular formula is C11H14BrN3O4S. The summed E-state index contributed by atoms with van der Waals surface area (Å²) >= 11 is 3.11. The van der Waals surface area contributed by atoms with Gasteiger partial charge in [0.2, 0.25) is 10.0 Å². The standard InChI is InChI=1S/C11H14BrN3O4S/c1-2-13-6-9-5-10(11(12)18-9)20(16,17)15-7-8-3-4-14-19-8/h3-5,13,15H,2,6-7H2,1H3. The molecule has 0 saturated carbocycles. The van der Waals surface area contributed by atoms with Crippen LogP contribution in [0.25, 0.3) is 0 Å². The van der Waals surface area contributed by atoms with Crippen molar-refractivity contribution in [3.8, 4) is 0 Å². The Balaban J connectivity index is 2.10. The average Bonchev–Trinajstić information content (AvgIpc) is 3.03. The number of halogens is 1. The van der Waals surface area contributed by atoms with Crippen molar-refractivity contribution < 1.29 is 17.4 Å². The fraction of sp³-hybridized carbons (Fsp3) is 0.364. The second kappa shape index (κ2) is 6.53. The molecule has 0 saturated heterocycles. The van der Waals surface area contributed by atoms with Gasteiger partial charge in [-0.1, -0.05) is 12.1 Å². The molecule has 2 rings (SSSR count). The van der Waals surface area contributed by atoms with Crippen LogP contribution in [-0.2, 0) is 23.1 Å². The number of sulfonamides is 1. The molecule has 0 aliphatic rings. The van der Waals surface area contributed by atoms with Crippen LogP contribution < -0.4 is 10.0 Å². The quantitative estimate of drug-likeness (QED) is 0.775. The summed E-state index contributed by atoms with van der Waals surface area (Å²) in [5.41, 5.74) is 0. The highest BCUT2D eigenvalue weighted by molar-refractivity contribution is 9.10. The highest BCUT2D eigenvalue weighted by Gasteiger charge is 2.22. The summed E-state index contributed by atoms with van der Waals surface area (Å²) in [4.78, 5) is 0.0601. The van der Waals surface area contributed by atoms with E-state index in [4.69, 9.17) is 8.94 Å². The Hall–Kier alpha value is -1.16. The maximum atomic E-state index is 12.2. The Labute approximate surface area is 124 Å². The molecular weight excluding hydrogens is 350 g/mol. The van der Waals surface area contributed by atoms with E-state index in [9.17, 15) is 8.42 Å². The Kier molecular flexibility index (Phi) is 4.97. The number of hydrogen-bond acceptors (Lipinski definition) is 6. The monoisotopic (exact) mass is 363 g/mol. The Bertz CT molecular complexity index is 651. The van der Waals surface area contributed by atoms with E-state index in [1.54, 1.807) is 6.07 Å². The molecule has 0 spiro atoms. The molecule has 0 aliphatic heterocycles. The summed E-state index contributed by atoms with van der Waals surface area (Å²) in [5.74, 6) is 0.972. The molecule has 0 aliphatic carbocycles. The van der Waals surface area contributed by atoms with Gasteiger partial charge in [-0.15, -0.1) is 0 Å². The highest BCUT2D eigenvalue weighted by atomic mass is 79.9. The van der Waals surface area contributed by atoms with Crippen molar-refractivity contribution in [3.63, 3.8) is 0 Å². The Morgan fingerprint density at radius 2 is 2.15 bits per heavy atom. The molecule has 20 heavy (non-hydrogen) atoms. The molecule has 2 heterocycles. The third-order valence-electron chi connectivity index (χ3n) is 2.47. The molecule has 0 radical (unpaired) electrons. The average molecular weight is 364 g/mol. The van der Waals surface area contributed by atoms with E-state index in [1.165, 1.54) is 12.3 Å². The van der Waals surface area contributed by atoms with E-state index in [2.05, 4.69) is 31.1 Å². The van der Waals surface area contributed by atoms with Gasteiger partial charge < -0.3 is 14.3 Å². The summed E-state index contributed by atoms with van der Waals surface area (Å²) < 4.78 is 37.1. The molecule has 0 unspecified atom stereocenters. The van der Waals surface area contributed by atoms with E-state index in [0.717, 1.165) is 6.54 Å². The van der Waals surface area contributed by atoms with Crippen LogP contribution in [0.5, 0.6) is 0 Å². The number of aromatic nitrogens is 1. The second-order valence-corrected chi connectivity index (χ2v) is 6.39. The minimum absolute atomic E-state index is 0.0303. The normalized spacial score (nSPS) is 11.9. The second-order valence-electron chi connectivity index (χ2n) is 3.93. The number of nitrogens with zero attached hydrogens (tertiary/aromatic N) is 1. The van der Waals surface area contributed by atoms with Gasteiger partial charge in [0.05, 0.1) is 19.3 Å². The van der Waals surface area contributed by atoms with Gasteiger partial charge in [0.15, 0.2) is 10.4 Å². The van der Waals surface area contributed by atoms with Gasteiger partial charge in [-0.05, 0) is 22.5 Å². The third kappa shape index (κ3) is 3.69. The van der Waals surface area contributed by atoms with E-state index in [-0.39, 0.29) is 16.1 Å². The van der Waals surface area contributed by atoms with Gasteiger partial charge in [0, 0.05) is 12.1 Å². The van der Waals surface area contributed by atoms with Gasteiger partial charge in [-0.25, -0.2) is 13.1 Å². The maximum absolute atomic E-state index is 12.2. The van der Waals surface area contributed by atoms with Crippen LogP contribution in [-0.4, -0.2) is 20.1 Å². The van der Waals surface area contributed by atoms with E-state index < -0.39 is 10.0 Å². The minimum atomic E-state index is -3.68. The van der Waals surface area contributed by atoms with Gasteiger partial charge >= 0.3 is 0 Å². The van der Waals surface area contributed by atoms with Crippen LogP contribution in [0.4, 0.5) is 0 Å². The molecule has 0 atom stereocenters. The van der Waals surface area contributed by atoms with E-state index in [0.29, 0.717) is 18.1 Å². The molecule has 2 N–H and O–H groups in total. The molecule has 0 amide bonds. The van der Waals surface area contributed by atoms with Crippen molar-refractivity contribution in [2.75, 3.05) is 6.54 Å². The maximum Gasteiger partial charge on any atom is 0.245 e. The van der Waals surface area contributed by atoms with Crippen molar-refractivity contribution in [1.29, 1.82) is 0 Å². The number of nitrogens with one attached hydrogen (secondary N) is 2. The van der Waals surface area contributed by atoms with Gasteiger partial charge in [0.25, 0.3) is 0 Å². The van der Waals surface area contributed by atoms with Crippen LogP contribution in [0, 0.1) is 0 Å². The van der Waals surface area contributed by atoms with Crippen LogP contribution in [0.15, 0.2) is 36.8 Å². The lowest BCUT2D eigenvalue weighted by Crippen LogP contribution is -2.23. The molecule has 2 aromatic heterocycles. The number of furan rings is 1.